The lowest BCUT2D eigenvalue weighted by Gasteiger charge is -2.26. The Morgan fingerprint density at radius 3 is 2.04 bits per heavy atom. The van der Waals surface area contributed by atoms with Gasteiger partial charge in [0.25, 0.3) is 0 Å². The predicted octanol–water partition coefficient (Wildman–Crippen LogP) is -0.634. The molecule has 0 aliphatic carbocycles. The first-order chi connectivity index (χ1) is 13.5. The number of pyridine rings is 2. The van der Waals surface area contributed by atoms with Gasteiger partial charge >= 0.3 is 0 Å². The second kappa shape index (κ2) is 8.66. The van der Waals surface area contributed by atoms with E-state index in [1.54, 1.807) is 24.5 Å². The Kier molecular flexibility index (Phi) is 6.05. The molecule has 9 heteroatoms. The van der Waals surface area contributed by atoms with Crippen molar-refractivity contribution in [1.82, 2.24) is 25.9 Å². The highest BCUT2D eigenvalue weighted by molar-refractivity contribution is 5.89. The van der Waals surface area contributed by atoms with Crippen LogP contribution in [0.4, 0.5) is 0 Å². The lowest BCUT2D eigenvalue weighted by atomic mass is 9.82. The SMILES string of the molecule is O=C(CC1(C(=O)NCc2ccc(=O)[nH]c2)CCNC1)NCc1ccc(=O)[nH]c1. The summed E-state index contributed by atoms with van der Waals surface area (Å²) in [7, 11) is 0. The molecule has 2 aromatic rings. The van der Waals surface area contributed by atoms with Crippen molar-refractivity contribution in [3.63, 3.8) is 0 Å². The van der Waals surface area contributed by atoms with Crippen molar-refractivity contribution in [1.29, 1.82) is 0 Å². The fourth-order valence-corrected chi connectivity index (χ4v) is 3.21. The normalized spacial score (nSPS) is 18.6. The zero-order valence-corrected chi connectivity index (χ0v) is 15.3. The van der Waals surface area contributed by atoms with E-state index in [9.17, 15) is 19.2 Å². The molecule has 1 fully saturated rings. The minimum Gasteiger partial charge on any atom is -0.352 e. The Balaban J connectivity index is 1.57. The van der Waals surface area contributed by atoms with Crippen LogP contribution in [0.15, 0.2) is 46.2 Å². The van der Waals surface area contributed by atoms with Crippen LogP contribution in [0.2, 0.25) is 0 Å². The highest BCUT2D eigenvalue weighted by atomic mass is 16.2. The van der Waals surface area contributed by atoms with Crippen molar-refractivity contribution in [2.45, 2.75) is 25.9 Å². The molecular formula is C19H23N5O4. The van der Waals surface area contributed by atoms with Crippen molar-refractivity contribution in [2.75, 3.05) is 13.1 Å². The first-order valence-electron chi connectivity index (χ1n) is 9.08. The minimum atomic E-state index is -0.808. The molecule has 0 bridgehead atoms. The van der Waals surface area contributed by atoms with Crippen LogP contribution >= 0.6 is 0 Å². The molecule has 9 nitrogen and oxygen atoms in total. The zero-order valence-electron chi connectivity index (χ0n) is 15.3. The Bertz CT molecular complexity index is 918. The summed E-state index contributed by atoms with van der Waals surface area (Å²) in [6.45, 7) is 1.64. The molecule has 0 radical (unpaired) electrons. The summed E-state index contributed by atoms with van der Waals surface area (Å²) < 4.78 is 0. The van der Waals surface area contributed by atoms with Gasteiger partial charge in [0.15, 0.2) is 0 Å². The maximum Gasteiger partial charge on any atom is 0.247 e. The quantitative estimate of drug-likeness (QED) is 0.432. The van der Waals surface area contributed by atoms with E-state index >= 15 is 0 Å². The van der Waals surface area contributed by atoms with Gasteiger partial charge in [0, 0.05) is 50.6 Å². The average molecular weight is 385 g/mol. The van der Waals surface area contributed by atoms with Crippen LogP contribution in [0.5, 0.6) is 0 Å². The third-order valence-electron chi connectivity index (χ3n) is 4.86. The Hall–Kier alpha value is -3.20. The predicted molar refractivity (Wildman–Crippen MR) is 102 cm³/mol. The largest absolute Gasteiger partial charge is 0.352 e. The summed E-state index contributed by atoms with van der Waals surface area (Å²) in [6, 6.07) is 6.09. The number of hydrogen-bond acceptors (Lipinski definition) is 5. The lowest BCUT2D eigenvalue weighted by molar-refractivity contribution is -0.135. The summed E-state index contributed by atoms with van der Waals surface area (Å²) in [5.74, 6) is -0.419. The maximum atomic E-state index is 12.8. The molecule has 1 aliphatic rings. The molecule has 2 aromatic heterocycles. The van der Waals surface area contributed by atoms with Crippen LogP contribution in [-0.2, 0) is 22.7 Å². The van der Waals surface area contributed by atoms with E-state index in [4.69, 9.17) is 0 Å². The van der Waals surface area contributed by atoms with Crippen molar-refractivity contribution < 1.29 is 9.59 Å². The molecule has 3 rings (SSSR count). The molecule has 1 aliphatic heterocycles. The van der Waals surface area contributed by atoms with Gasteiger partial charge in [-0.15, -0.1) is 0 Å². The molecule has 1 unspecified atom stereocenters. The number of nitrogens with one attached hydrogen (secondary N) is 5. The molecule has 0 spiro atoms. The number of carbonyl (C=O) groups excluding carboxylic acids is 2. The van der Waals surface area contributed by atoms with Gasteiger partial charge in [0.05, 0.1) is 5.41 Å². The molecule has 2 amide bonds. The minimum absolute atomic E-state index is 0.0702. The molecule has 148 valence electrons. The highest BCUT2D eigenvalue weighted by Crippen LogP contribution is 2.30. The number of carbonyl (C=O) groups is 2. The zero-order chi connectivity index (χ0) is 20.0. The first-order valence-corrected chi connectivity index (χ1v) is 9.08. The van der Waals surface area contributed by atoms with Crippen LogP contribution in [0, 0.1) is 5.41 Å². The van der Waals surface area contributed by atoms with E-state index in [-0.39, 0.29) is 42.4 Å². The first kappa shape index (κ1) is 19.6. The summed E-state index contributed by atoms with van der Waals surface area (Å²) in [5, 5.41) is 8.82. The molecule has 0 aromatic carbocycles. The molecule has 0 saturated carbocycles. The second-order valence-corrected chi connectivity index (χ2v) is 6.97. The number of H-pyrrole nitrogens is 2. The van der Waals surface area contributed by atoms with Gasteiger partial charge in [-0.05, 0) is 24.1 Å². The summed E-state index contributed by atoms with van der Waals surface area (Å²) in [4.78, 5) is 52.5. The summed E-state index contributed by atoms with van der Waals surface area (Å²) in [6.07, 6.45) is 3.74. The fraction of sp³-hybridized carbons (Fsp3) is 0.368. The summed E-state index contributed by atoms with van der Waals surface area (Å²) in [5.41, 5.74) is 0.332. The smallest absolute Gasteiger partial charge is 0.247 e. The number of aromatic nitrogens is 2. The average Bonchev–Trinajstić information content (AvgIpc) is 3.16. The van der Waals surface area contributed by atoms with E-state index in [1.807, 2.05) is 0 Å². The van der Waals surface area contributed by atoms with Crippen LogP contribution in [-0.4, -0.2) is 34.9 Å². The summed E-state index contributed by atoms with van der Waals surface area (Å²) >= 11 is 0. The van der Waals surface area contributed by atoms with Crippen molar-refractivity contribution in [3.05, 3.63) is 68.5 Å². The maximum absolute atomic E-state index is 12.8. The molecule has 1 saturated heterocycles. The monoisotopic (exact) mass is 385 g/mol. The number of hydrogen-bond donors (Lipinski definition) is 5. The van der Waals surface area contributed by atoms with Crippen molar-refractivity contribution in [3.8, 4) is 0 Å². The van der Waals surface area contributed by atoms with E-state index in [1.165, 1.54) is 12.1 Å². The Morgan fingerprint density at radius 2 is 1.54 bits per heavy atom. The van der Waals surface area contributed by atoms with Gasteiger partial charge in [-0.25, -0.2) is 0 Å². The van der Waals surface area contributed by atoms with E-state index in [2.05, 4.69) is 25.9 Å². The fourth-order valence-electron chi connectivity index (χ4n) is 3.21. The van der Waals surface area contributed by atoms with Crippen molar-refractivity contribution >= 4 is 11.8 Å². The van der Waals surface area contributed by atoms with Crippen LogP contribution < -0.4 is 27.1 Å². The Morgan fingerprint density at radius 1 is 0.929 bits per heavy atom. The molecule has 3 heterocycles. The van der Waals surface area contributed by atoms with E-state index < -0.39 is 5.41 Å². The third kappa shape index (κ3) is 4.95. The van der Waals surface area contributed by atoms with Gasteiger partial charge in [-0.1, -0.05) is 12.1 Å². The van der Waals surface area contributed by atoms with Gasteiger partial charge in [0.2, 0.25) is 22.9 Å². The van der Waals surface area contributed by atoms with Crippen LogP contribution in [0.25, 0.3) is 0 Å². The number of amides is 2. The van der Waals surface area contributed by atoms with Gasteiger partial charge in [-0.2, -0.15) is 0 Å². The molecule has 28 heavy (non-hydrogen) atoms. The van der Waals surface area contributed by atoms with E-state index in [0.29, 0.717) is 19.5 Å². The topological polar surface area (TPSA) is 136 Å². The molecule has 5 N–H and O–H groups in total. The van der Waals surface area contributed by atoms with Crippen molar-refractivity contribution in [2.24, 2.45) is 5.41 Å². The second-order valence-electron chi connectivity index (χ2n) is 6.97. The highest BCUT2D eigenvalue weighted by Gasteiger charge is 2.42. The van der Waals surface area contributed by atoms with Gasteiger partial charge in [0.1, 0.15) is 0 Å². The van der Waals surface area contributed by atoms with E-state index in [0.717, 1.165) is 11.1 Å². The van der Waals surface area contributed by atoms with Gasteiger partial charge in [-0.3, -0.25) is 19.2 Å². The van der Waals surface area contributed by atoms with Crippen LogP contribution in [0.1, 0.15) is 24.0 Å². The Labute approximate surface area is 161 Å². The number of aromatic amines is 2. The third-order valence-corrected chi connectivity index (χ3v) is 4.86. The standard InChI is InChI=1S/C19H23N5O4/c25-15-3-1-13(8-21-15)10-23-17(27)7-19(5-6-20-12-19)18(28)24-11-14-2-4-16(26)22-9-14/h1-4,8-9,20H,5-7,10-12H2,(H,21,25)(H,22,26)(H,23,27)(H,24,28). The molecule has 1 atom stereocenters. The molecular weight excluding hydrogens is 362 g/mol. The number of rotatable bonds is 7. The van der Waals surface area contributed by atoms with Gasteiger partial charge < -0.3 is 25.9 Å². The lowest BCUT2D eigenvalue weighted by Crippen LogP contribution is -2.45. The van der Waals surface area contributed by atoms with Crippen LogP contribution in [0.3, 0.4) is 0 Å².